The lowest BCUT2D eigenvalue weighted by Crippen LogP contribution is -2.34. The molecule has 0 spiro atoms. The van der Waals surface area contributed by atoms with Gasteiger partial charge in [0.2, 0.25) is 10.0 Å². The van der Waals surface area contributed by atoms with Crippen LogP contribution in [0.2, 0.25) is 0 Å². The summed E-state index contributed by atoms with van der Waals surface area (Å²) >= 11 is 0. The first kappa shape index (κ1) is 16.5. The van der Waals surface area contributed by atoms with Gasteiger partial charge in [-0.3, -0.25) is 4.79 Å². The third-order valence-electron chi connectivity index (χ3n) is 3.64. The van der Waals surface area contributed by atoms with Gasteiger partial charge in [0, 0.05) is 24.6 Å². The largest absolute Gasteiger partial charge is 0.349 e. The van der Waals surface area contributed by atoms with Crippen LogP contribution in [0.15, 0.2) is 29.2 Å². The Labute approximate surface area is 130 Å². The molecule has 1 unspecified atom stereocenters. The van der Waals surface area contributed by atoms with Crippen molar-refractivity contribution >= 4 is 15.9 Å². The highest BCUT2D eigenvalue weighted by molar-refractivity contribution is 7.89. The maximum atomic E-state index is 12.0. The Kier molecular flexibility index (Phi) is 5.16. The lowest BCUT2D eigenvalue weighted by atomic mass is 10.1. The molecule has 2 rings (SSSR count). The van der Waals surface area contributed by atoms with Crippen molar-refractivity contribution in [1.29, 1.82) is 5.26 Å². The number of nitriles is 1. The molecule has 0 aliphatic heterocycles. The summed E-state index contributed by atoms with van der Waals surface area (Å²) in [5.41, 5.74) is 0.434. The van der Waals surface area contributed by atoms with E-state index in [0.717, 1.165) is 12.8 Å². The van der Waals surface area contributed by atoms with E-state index in [0.29, 0.717) is 11.5 Å². The van der Waals surface area contributed by atoms with Crippen molar-refractivity contribution in [3.63, 3.8) is 0 Å². The van der Waals surface area contributed by atoms with Crippen LogP contribution in [-0.2, 0) is 10.0 Å². The average Bonchev–Trinajstić information content (AvgIpc) is 3.32. The van der Waals surface area contributed by atoms with Crippen molar-refractivity contribution in [1.82, 2.24) is 10.0 Å². The Morgan fingerprint density at radius 2 is 2.00 bits per heavy atom. The average molecular weight is 321 g/mol. The van der Waals surface area contributed by atoms with Gasteiger partial charge in [-0.05, 0) is 49.9 Å². The first-order valence-electron chi connectivity index (χ1n) is 7.21. The van der Waals surface area contributed by atoms with E-state index < -0.39 is 10.0 Å². The van der Waals surface area contributed by atoms with Crippen molar-refractivity contribution in [2.75, 3.05) is 6.54 Å². The Balaban J connectivity index is 2.00. The van der Waals surface area contributed by atoms with E-state index in [1.54, 1.807) is 0 Å². The van der Waals surface area contributed by atoms with Crippen LogP contribution in [0.3, 0.4) is 0 Å². The van der Waals surface area contributed by atoms with E-state index in [1.165, 1.54) is 24.3 Å². The van der Waals surface area contributed by atoms with Crippen LogP contribution in [0, 0.1) is 17.2 Å². The lowest BCUT2D eigenvalue weighted by Gasteiger charge is -2.13. The number of amides is 1. The SMILES string of the molecule is CC(NC(=O)c1ccc(S(=O)(=O)NCCC#N)cc1)C1CC1. The second kappa shape index (κ2) is 6.90. The fourth-order valence-corrected chi connectivity index (χ4v) is 3.15. The second-order valence-corrected chi connectivity index (χ2v) is 7.20. The summed E-state index contributed by atoms with van der Waals surface area (Å²) in [6.45, 7) is 2.05. The fourth-order valence-electron chi connectivity index (χ4n) is 2.11. The van der Waals surface area contributed by atoms with Gasteiger partial charge in [-0.25, -0.2) is 13.1 Å². The van der Waals surface area contributed by atoms with Crippen LogP contribution in [-0.4, -0.2) is 26.9 Å². The van der Waals surface area contributed by atoms with Crippen LogP contribution >= 0.6 is 0 Å². The molecule has 0 radical (unpaired) electrons. The Morgan fingerprint density at radius 1 is 1.36 bits per heavy atom. The highest BCUT2D eigenvalue weighted by Gasteiger charge is 2.29. The molecule has 1 atom stereocenters. The molecule has 1 saturated carbocycles. The molecular formula is C15H19N3O3S. The van der Waals surface area contributed by atoms with E-state index >= 15 is 0 Å². The van der Waals surface area contributed by atoms with E-state index in [9.17, 15) is 13.2 Å². The smallest absolute Gasteiger partial charge is 0.251 e. The maximum Gasteiger partial charge on any atom is 0.251 e. The van der Waals surface area contributed by atoms with Crippen LogP contribution in [0.4, 0.5) is 0 Å². The van der Waals surface area contributed by atoms with Gasteiger partial charge in [0.1, 0.15) is 0 Å². The van der Waals surface area contributed by atoms with Gasteiger partial charge in [-0.1, -0.05) is 0 Å². The Bertz CT molecular complexity index is 673. The zero-order valence-electron chi connectivity index (χ0n) is 12.4. The van der Waals surface area contributed by atoms with Crippen LogP contribution in [0.25, 0.3) is 0 Å². The molecule has 1 fully saturated rings. The normalized spacial score (nSPS) is 15.8. The van der Waals surface area contributed by atoms with E-state index in [2.05, 4.69) is 10.0 Å². The zero-order valence-corrected chi connectivity index (χ0v) is 13.2. The summed E-state index contributed by atoms with van der Waals surface area (Å²) in [5.74, 6) is 0.369. The summed E-state index contributed by atoms with van der Waals surface area (Å²) in [7, 11) is -3.63. The van der Waals surface area contributed by atoms with Crippen molar-refractivity contribution in [3.05, 3.63) is 29.8 Å². The second-order valence-electron chi connectivity index (χ2n) is 5.43. The molecule has 1 aliphatic rings. The molecule has 0 bridgehead atoms. The summed E-state index contributed by atoms with van der Waals surface area (Å²) in [5, 5.41) is 11.3. The number of hydrogen-bond acceptors (Lipinski definition) is 4. The topological polar surface area (TPSA) is 99.1 Å². The van der Waals surface area contributed by atoms with Crippen LogP contribution in [0.5, 0.6) is 0 Å². The first-order valence-corrected chi connectivity index (χ1v) is 8.70. The maximum absolute atomic E-state index is 12.0. The van der Waals surface area contributed by atoms with Crippen LogP contribution in [0.1, 0.15) is 36.5 Å². The molecular weight excluding hydrogens is 302 g/mol. The molecule has 7 heteroatoms. The number of carbonyl (C=O) groups is 1. The molecule has 1 aromatic rings. The minimum Gasteiger partial charge on any atom is -0.349 e. The van der Waals surface area contributed by atoms with Crippen molar-refractivity contribution in [3.8, 4) is 6.07 Å². The van der Waals surface area contributed by atoms with Gasteiger partial charge in [0.25, 0.3) is 5.91 Å². The molecule has 1 aliphatic carbocycles. The predicted octanol–water partition coefficient (Wildman–Crippen LogP) is 1.41. The van der Waals surface area contributed by atoms with Crippen molar-refractivity contribution in [2.45, 2.75) is 37.1 Å². The summed E-state index contributed by atoms with van der Waals surface area (Å²) in [6.07, 6.45) is 2.40. The summed E-state index contributed by atoms with van der Waals surface area (Å²) < 4.78 is 26.2. The highest BCUT2D eigenvalue weighted by Crippen LogP contribution is 2.32. The molecule has 118 valence electrons. The molecule has 0 saturated heterocycles. The van der Waals surface area contributed by atoms with E-state index in [-0.39, 0.29) is 29.8 Å². The van der Waals surface area contributed by atoms with Gasteiger partial charge >= 0.3 is 0 Å². The molecule has 0 aromatic heterocycles. The van der Waals surface area contributed by atoms with Gasteiger partial charge in [-0.2, -0.15) is 5.26 Å². The van der Waals surface area contributed by atoms with E-state index in [4.69, 9.17) is 5.26 Å². The highest BCUT2D eigenvalue weighted by atomic mass is 32.2. The number of nitrogens with one attached hydrogen (secondary N) is 2. The quantitative estimate of drug-likeness (QED) is 0.742. The van der Waals surface area contributed by atoms with Crippen molar-refractivity contribution in [2.24, 2.45) is 5.92 Å². The molecule has 0 heterocycles. The van der Waals surface area contributed by atoms with Gasteiger partial charge in [-0.15, -0.1) is 0 Å². The molecule has 1 aromatic carbocycles. The molecule has 6 nitrogen and oxygen atoms in total. The third-order valence-corrected chi connectivity index (χ3v) is 5.12. The lowest BCUT2D eigenvalue weighted by molar-refractivity contribution is 0.0935. The number of rotatable bonds is 7. The van der Waals surface area contributed by atoms with Crippen molar-refractivity contribution < 1.29 is 13.2 Å². The minimum atomic E-state index is -3.63. The molecule has 2 N–H and O–H groups in total. The Morgan fingerprint density at radius 3 is 2.55 bits per heavy atom. The number of hydrogen-bond donors (Lipinski definition) is 2. The zero-order chi connectivity index (χ0) is 16.2. The standard InChI is InChI=1S/C15H19N3O3S/c1-11(12-3-4-12)18-15(19)13-5-7-14(8-6-13)22(20,21)17-10-2-9-16/h5-8,11-12,17H,2-4,10H2,1H3,(H,18,19). The Hall–Kier alpha value is -1.91. The summed E-state index contributed by atoms with van der Waals surface area (Å²) in [4.78, 5) is 12.1. The van der Waals surface area contributed by atoms with Gasteiger partial charge < -0.3 is 5.32 Å². The number of benzene rings is 1. The number of sulfonamides is 1. The molecule has 1 amide bonds. The third kappa shape index (κ3) is 4.29. The summed E-state index contributed by atoms with van der Waals surface area (Å²) in [6, 6.07) is 7.79. The number of nitrogens with zero attached hydrogens (tertiary/aromatic N) is 1. The van der Waals surface area contributed by atoms with E-state index in [1.807, 2.05) is 13.0 Å². The predicted molar refractivity (Wildman–Crippen MR) is 81.5 cm³/mol. The van der Waals surface area contributed by atoms with Gasteiger partial charge in [0.05, 0.1) is 11.0 Å². The molecule has 22 heavy (non-hydrogen) atoms. The van der Waals surface area contributed by atoms with Gasteiger partial charge in [0.15, 0.2) is 0 Å². The minimum absolute atomic E-state index is 0.0694. The number of carbonyl (C=O) groups excluding carboxylic acids is 1. The van der Waals surface area contributed by atoms with Crippen LogP contribution < -0.4 is 10.0 Å². The monoisotopic (exact) mass is 321 g/mol. The fraction of sp³-hybridized carbons (Fsp3) is 0.467. The first-order chi connectivity index (χ1) is 10.4.